The van der Waals surface area contributed by atoms with Gasteiger partial charge in [0.2, 0.25) is 16.0 Å². The number of aliphatic hydroxyl groups is 2. The molecule has 0 amide bonds. The lowest BCUT2D eigenvalue weighted by Crippen LogP contribution is -2.51. The van der Waals surface area contributed by atoms with Crippen molar-refractivity contribution in [2.45, 2.75) is 44.6 Å². The van der Waals surface area contributed by atoms with E-state index in [4.69, 9.17) is 4.74 Å². The van der Waals surface area contributed by atoms with Crippen LogP contribution in [0.5, 0.6) is 5.75 Å². The number of anilines is 1. The number of aromatic nitrogens is 4. The van der Waals surface area contributed by atoms with Gasteiger partial charge in [-0.15, -0.1) is 0 Å². The second kappa shape index (κ2) is 8.87. The van der Waals surface area contributed by atoms with Crippen molar-refractivity contribution in [3.05, 3.63) is 29.7 Å². The quantitative estimate of drug-likeness (QED) is 0.453. The third-order valence-electron chi connectivity index (χ3n) is 6.51. The molecule has 194 valence electrons. The van der Waals surface area contributed by atoms with E-state index in [1.54, 1.807) is 4.57 Å². The van der Waals surface area contributed by atoms with Gasteiger partial charge in [0.15, 0.2) is 17.4 Å². The molecule has 2 aliphatic heterocycles. The number of rotatable bonds is 5. The van der Waals surface area contributed by atoms with Gasteiger partial charge in [0, 0.05) is 13.1 Å². The van der Waals surface area contributed by atoms with E-state index in [1.807, 2.05) is 6.92 Å². The van der Waals surface area contributed by atoms with E-state index in [0.29, 0.717) is 5.52 Å². The first-order chi connectivity index (χ1) is 17.0. The summed E-state index contributed by atoms with van der Waals surface area (Å²) in [6.45, 7) is 3.66. The highest BCUT2D eigenvalue weighted by Gasteiger charge is 2.34. The molecule has 0 aliphatic carbocycles. The molecule has 0 unspecified atom stereocenters. The number of nitrogens with zero attached hydrogens (tertiary/aromatic N) is 5. The number of piperidine rings is 1. The highest BCUT2D eigenvalue weighted by molar-refractivity contribution is 7.88. The molecule has 1 fully saturated rings. The highest BCUT2D eigenvalue weighted by Crippen LogP contribution is 2.43. The second-order valence-corrected chi connectivity index (χ2v) is 11.2. The fraction of sp³-hybridized carbons (Fsp3) is 0.500. The number of nitrogens with one attached hydrogen (secondary N) is 1. The smallest absolute Gasteiger partial charge is 0.223 e. The van der Waals surface area contributed by atoms with Crippen molar-refractivity contribution < 1.29 is 32.1 Å². The van der Waals surface area contributed by atoms with Crippen LogP contribution in [0, 0.1) is 11.6 Å². The average Bonchev–Trinajstić information content (AvgIpc) is 3.22. The number of aliphatic hydroxyl groups excluding tert-OH is 2. The molecule has 0 saturated carbocycles. The fourth-order valence-electron chi connectivity index (χ4n) is 4.73. The maximum Gasteiger partial charge on any atom is 0.223 e. The van der Waals surface area contributed by atoms with Gasteiger partial charge in [-0.1, -0.05) is 0 Å². The molecule has 5 rings (SSSR count). The lowest BCUT2D eigenvalue weighted by molar-refractivity contribution is 0.0950. The van der Waals surface area contributed by atoms with Crippen molar-refractivity contribution in [2.75, 3.05) is 31.3 Å². The molecule has 2 aliphatic rings. The summed E-state index contributed by atoms with van der Waals surface area (Å²) in [6, 6.07) is 0.269. The van der Waals surface area contributed by atoms with Crippen LogP contribution in [0.25, 0.3) is 22.3 Å². The van der Waals surface area contributed by atoms with Crippen LogP contribution < -0.4 is 10.1 Å². The van der Waals surface area contributed by atoms with Crippen LogP contribution in [0.4, 0.5) is 14.7 Å². The topological polar surface area (TPSA) is 143 Å². The molecule has 4 heterocycles. The van der Waals surface area contributed by atoms with Gasteiger partial charge >= 0.3 is 0 Å². The Morgan fingerprint density at radius 1 is 1.28 bits per heavy atom. The summed E-state index contributed by atoms with van der Waals surface area (Å²) in [7, 11) is -3.45. The molecule has 36 heavy (non-hydrogen) atoms. The minimum atomic E-state index is -3.45. The zero-order chi connectivity index (χ0) is 25.9. The number of hydrogen-bond acceptors (Lipinski definition) is 9. The molecule has 0 spiro atoms. The molecule has 1 saturated heterocycles. The van der Waals surface area contributed by atoms with E-state index in [9.17, 15) is 23.0 Å². The molecule has 11 nitrogen and oxygen atoms in total. The van der Waals surface area contributed by atoms with E-state index in [1.165, 1.54) is 11.2 Å². The number of benzene rings is 1. The highest BCUT2D eigenvalue weighted by atomic mass is 32.2. The number of halogens is 2. The Kier molecular flexibility index (Phi) is 6.09. The SMILES string of the molecule is C[C@@H](O)c1nc2c(F)cc(-c3nc(N[C@@H]4CCN(S(C)(=O)=O)C[C@H]4O)ncc3F)c3c2n1[C@@H](C)CO3. The van der Waals surface area contributed by atoms with Gasteiger partial charge in [0.05, 0.1) is 36.2 Å². The summed E-state index contributed by atoms with van der Waals surface area (Å²) < 4.78 is 62.4. The van der Waals surface area contributed by atoms with Crippen LogP contribution in [0.3, 0.4) is 0 Å². The van der Waals surface area contributed by atoms with Gasteiger partial charge < -0.3 is 24.8 Å². The molecule has 3 aromatic rings. The van der Waals surface area contributed by atoms with Crippen molar-refractivity contribution in [1.29, 1.82) is 0 Å². The maximum atomic E-state index is 15.2. The van der Waals surface area contributed by atoms with Gasteiger partial charge in [-0.2, -0.15) is 4.31 Å². The van der Waals surface area contributed by atoms with Crippen LogP contribution >= 0.6 is 0 Å². The first kappa shape index (κ1) is 24.7. The predicted molar refractivity (Wildman–Crippen MR) is 126 cm³/mol. The van der Waals surface area contributed by atoms with Crippen LogP contribution in [-0.4, -0.2) is 80.6 Å². The summed E-state index contributed by atoms with van der Waals surface area (Å²) in [5, 5.41) is 23.6. The lowest BCUT2D eigenvalue weighted by atomic mass is 10.0. The molecule has 0 bridgehead atoms. The van der Waals surface area contributed by atoms with E-state index in [2.05, 4.69) is 20.3 Å². The number of ether oxygens (including phenoxy) is 1. The van der Waals surface area contributed by atoms with Crippen LogP contribution in [-0.2, 0) is 10.0 Å². The maximum absolute atomic E-state index is 15.2. The minimum Gasteiger partial charge on any atom is -0.488 e. The average molecular weight is 525 g/mol. The van der Waals surface area contributed by atoms with Crippen molar-refractivity contribution >= 4 is 27.0 Å². The zero-order valence-corrected chi connectivity index (χ0v) is 20.6. The monoisotopic (exact) mass is 524 g/mol. The number of β-amino-alcohol motifs (C(OH)–C–C–N with tert-alkyl or cyclic N) is 1. The standard InChI is InChI=1S/C22H26F2N6O5S/c1-10-9-35-20-12(6-13(23)18-19(20)30(10)21(27-18)11(2)31)17-14(24)7-25-22(28-17)26-15-4-5-29(8-16(15)32)36(3,33)34/h6-7,10-11,15-16,31-32H,4-5,8-9H2,1-3H3,(H,25,26,28)/t10-,11+,15+,16+/m0/s1. The molecular formula is C22H26F2N6O5S. The van der Waals surface area contributed by atoms with Gasteiger partial charge in [0.25, 0.3) is 0 Å². The Labute approximate surface area is 205 Å². The summed E-state index contributed by atoms with van der Waals surface area (Å²) in [4.78, 5) is 12.5. The fourth-order valence-corrected chi connectivity index (χ4v) is 5.59. The molecular weight excluding hydrogens is 498 g/mol. The number of imidazole rings is 1. The van der Waals surface area contributed by atoms with E-state index in [-0.39, 0.29) is 66.5 Å². The summed E-state index contributed by atoms with van der Waals surface area (Å²) in [6.07, 6.45) is 0.281. The molecule has 4 atom stereocenters. The summed E-state index contributed by atoms with van der Waals surface area (Å²) in [5.41, 5.74) is 0.147. The normalized spacial score (nSPS) is 23.5. The van der Waals surface area contributed by atoms with Crippen molar-refractivity contribution in [1.82, 2.24) is 23.8 Å². The van der Waals surface area contributed by atoms with Crippen molar-refractivity contribution in [3.63, 3.8) is 0 Å². The van der Waals surface area contributed by atoms with Crippen LogP contribution in [0.1, 0.15) is 38.2 Å². The molecule has 14 heteroatoms. The zero-order valence-electron chi connectivity index (χ0n) is 19.8. The van der Waals surface area contributed by atoms with Gasteiger partial charge in [-0.25, -0.2) is 32.2 Å². The van der Waals surface area contributed by atoms with Crippen molar-refractivity contribution in [2.24, 2.45) is 0 Å². The summed E-state index contributed by atoms with van der Waals surface area (Å²) in [5.74, 6) is -1.09. The van der Waals surface area contributed by atoms with Crippen LogP contribution in [0.15, 0.2) is 12.3 Å². The molecule has 0 radical (unpaired) electrons. The molecule has 2 aromatic heterocycles. The second-order valence-electron chi connectivity index (χ2n) is 9.23. The predicted octanol–water partition coefficient (Wildman–Crippen LogP) is 1.58. The molecule has 1 aromatic carbocycles. The third kappa shape index (κ3) is 4.17. The third-order valence-corrected chi connectivity index (χ3v) is 7.78. The van der Waals surface area contributed by atoms with E-state index >= 15 is 4.39 Å². The lowest BCUT2D eigenvalue weighted by Gasteiger charge is -2.34. The first-order valence-electron chi connectivity index (χ1n) is 11.4. The minimum absolute atomic E-state index is 0.00442. The Morgan fingerprint density at radius 2 is 2.03 bits per heavy atom. The van der Waals surface area contributed by atoms with E-state index in [0.717, 1.165) is 18.5 Å². The first-order valence-corrected chi connectivity index (χ1v) is 13.3. The van der Waals surface area contributed by atoms with Crippen molar-refractivity contribution in [3.8, 4) is 17.0 Å². The van der Waals surface area contributed by atoms with Gasteiger partial charge in [0.1, 0.15) is 35.3 Å². The Morgan fingerprint density at radius 3 is 2.69 bits per heavy atom. The van der Waals surface area contributed by atoms with Gasteiger partial charge in [-0.3, -0.25) is 0 Å². The Hall–Kier alpha value is -2.94. The molecule has 3 N–H and O–H groups in total. The Bertz CT molecular complexity index is 1450. The van der Waals surface area contributed by atoms with E-state index < -0.39 is 39.9 Å². The van der Waals surface area contributed by atoms with Crippen LogP contribution in [0.2, 0.25) is 0 Å². The number of sulfonamides is 1. The number of hydrogen-bond donors (Lipinski definition) is 3. The van der Waals surface area contributed by atoms with Gasteiger partial charge in [-0.05, 0) is 26.3 Å². The largest absolute Gasteiger partial charge is 0.488 e. The Balaban J connectivity index is 1.53. The summed E-state index contributed by atoms with van der Waals surface area (Å²) >= 11 is 0.